The standard InChI is InChI=1S/C10H7NO4S/c12-8-5-16-10(13)9(8)6-2-1-3-7(4-6)11(14)15/h1-4,12H,5H2. The minimum absolute atomic E-state index is 0.0181. The highest BCUT2D eigenvalue weighted by atomic mass is 32.2. The predicted octanol–water partition coefficient (Wildman–Crippen LogP) is 2.14. The lowest BCUT2D eigenvalue weighted by Crippen LogP contribution is -1.95. The topological polar surface area (TPSA) is 80.4 Å². The van der Waals surface area contributed by atoms with E-state index in [0.717, 1.165) is 11.8 Å². The number of thioether (sulfide) groups is 1. The molecule has 0 spiro atoms. The molecule has 0 aromatic heterocycles. The Kier molecular flexibility index (Phi) is 2.66. The molecule has 0 radical (unpaired) electrons. The summed E-state index contributed by atoms with van der Waals surface area (Å²) in [5.74, 6) is 0.215. The number of nitro benzene ring substituents is 1. The van der Waals surface area contributed by atoms with E-state index in [-0.39, 0.29) is 27.9 Å². The molecule has 0 saturated heterocycles. The Morgan fingerprint density at radius 3 is 2.75 bits per heavy atom. The van der Waals surface area contributed by atoms with Gasteiger partial charge in [0, 0.05) is 12.1 Å². The molecule has 0 saturated carbocycles. The van der Waals surface area contributed by atoms with E-state index >= 15 is 0 Å². The Morgan fingerprint density at radius 1 is 1.44 bits per heavy atom. The van der Waals surface area contributed by atoms with Gasteiger partial charge in [0.2, 0.25) is 5.12 Å². The summed E-state index contributed by atoms with van der Waals surface area (Å²) in [7, 11) is 0. The monoisotopic (exact) mass is 237 g/mol. The van der Waals surface area contributed by atoms with Crippen molar-refractivity contribution in [2.45, 2.75) is 0 Å². The van der Waals surface area contributed by atoms with Gasteiger partial charge in [-0.25, -0.2) is 0 Å². The number of aliphatic hydroxyl groups is 1. The van der Waals surface area contributed by atoms with Gasteiger partial charge in [-0.15, -0.1) is 0 Å². The number of rotatable bonds is 2. The van der Waals surface area contributed by atoms with Gasteiger partial charge in [-0.05, 0) is 5.56 Å². The van der Waals surface area contributed by atoms with E-state index in [1.54, 1.807) is 6.07 Å². The van der Waals surface area contributed by atoms with Gasteiger partial charge in [0.15, 0.2) is 0 Å². The van der Waals surface area contributed by atoms with Crippen molar-refractivity contribution >= 4 is 28.1 Å². The summed E-state index contributed by atoms with van der Waals surface area (Å²) in [4.78, 5) is 21.5. The van der Waals surface area contributed by atoms with E-state index in [2.05, 4.69) is 0 Å². The minimum Gasteiger partial charge on any atom is -0.511 e. The SMILES string of the molecule is O=C1SCC(O)=C1c1cccc([N+](=O)[O-])c1. The predicted molar refractivity (Wildman–Crippen MR) is 60.1 cm³/mol. The summed E-state index contributed by atoms with van der Waals surface area (Å²) in [6, 6.07) is 5.69. The first-order valence-corrected chi connectivity index (χ1v) is 5.42. The van der Waals surface area contributed by atoms with Crippen LogP contribution in [0.25, 0.3) is 5.57 Å². The van der Waals surface area contributed by atoms with Crippen LogP contribution in [0.4, 0.5) is 5.69 Å². The van der Waals surface area contributed by atoms with Gasteiger partial charge in [-0.1, -0.05) is 23.9 Å². The number of carbonyl (C=O) groups excluding carboxylic acids is 1. The third kappa shape index (κ3) is 1.79. The van der Waals surface area contributed by atoms with Crippen LogP contribution >= 0.6 is 11.8 Å². The minimum atomic E-state index is -0.534. The summed E-state index contributed by atoms with van der Waals surface area (Å²) in [5.41, 5.74) is 0.470. The number of carbonyl (C=O) groups is 1. The number of non-ortho nitro benzene ring substituents is 1. The zero-order valence-corrected chi connectivity index (χ0v) is 8.86. The van der Waals surface area contributed by atoms with Crippen molar-refractivity contribution < 1.29 is 14.8 Å². The van der Waals surface area contributed by atoms with E-state index < -0.39 is 4.92 Å². The molecule has 1 aliphatic rings. The van der Waals surface area contributed by atoms with Gasteiger partial charge in [-0.2, -0.15) is 0 Å². The van der Waals surface area contributed by atoms with Crippen LogP contribution in [-0.4, -0.2) is 20.9 Å². The lowest BCUT2D eigenvalue weighted by molar-refractivity contribution is -0.384. The molecule has 82 valence electrons. The number of nitro groups is 1. The van der Waals surface area contributed by atoms with Crippen LogP contribution in [-0.2, 0) is 4.79 Å². The van der Waals surface area contributed by atoms with Crippen molar-refractivity contribution in [2.24, 2.45) is 0 Å². The second kappa shape index (κ2) is 3.97. The van der Waals surface area contributed by atoms with Gasteiger partial charge in [0.1, 0.15) is 5.76 Å². The first-order valence-electron chi connectivity index (χ1n) is 4.43. The van der Waals surface area contributed by atoms with Crippen LogP contribution in [0.1, 0.15) is 5.56 Å². The molecule has 2 rings (SSSR count). The first-order chi connectivity index (χ1) is 7.59. The van der Waals surface area contributed by atoms with Gasteiger partial charge >= 0.3 is 0 Å². The Hall–Kier alpha value is -1.82. The molecule has 16 heavy (non-hydrogen) atoms. The van der Waals surface area contributed by atoms with Crippen LogP contribution in [0.2, 0.25) is 0 Å². The summed E-state index contributed by atoms with van der Waals surface area (Å²) in [6.45, 7) is 0. The van der Waals surface area contributed by atoms with E-state index in [1.807, 2.05) is 0 Å². The molecule has 0 amide bonds. The molecule has 1 heterocycles. The van der Waals surface area contributed by atoms with Crippen molar-refractivity contribution in [3.8, 4) is 0 Å². The van der Waals surface area contributed by atoms with E-state index in [0.29, 0.717) is 5.56 Å². The maximum atomic E-state index is 11.4. The molecule has 1 aromatic rings. The first kappa shape index (κ1) is 10.7. The zero-order chi connectivity index (χ0) is 11.7. The Bertz CT molecular complexity index is 509. The van der Waals surface area contributed by atoms with E-state index in [4.69, 9.17) is 0 Å². The molecule has 0 atom stereocenters. The summed E-state index contributed by atoms with van der Waals surface area (Å²) >= 11 is 0.990. The molecule has 0 unspecified atom stereocenters. The molecule has 0 aliphatic carbocycles. The lowest BCUT2D eigenvalue weighted by Gasteiger charge is -2.00. The van der Waals surface area contributed by atoms with Crippen LogP contribution in [0.3, 0.4) is 0 Å². The van der Waals surface area contributed by atoms with Gasteiger partial charge in [0.25, 0.3) is 5.69 Å². The average molecular weight is 237 g/mol. The van der Waals surface area contributed by atoms with Gasteiger partial charge in [-0.3, -0.25) is 14.9 Å². The smallest absolute Gasteiger partial charge is 0.270 e. The van der Waals surface area contributed by atoms with Crippen LogP contribution in [0.5, 0.6) is 0 Å². The normalized spacial score (nSPS) is 15.6. The largest absolute Gasteiger partial charge is 0.511 e. The molecule has 1 aromatic carbocycles. The average Bonchev–Trinajstić information content (AvgIpc) is 2.59. The fourth-order valence-electron chi connectivity index (χ4n) is 1.46. The maximum Gasteiger partial charge on any atom is 0.270 e. The molecule has 6 heteroatoms. The summed E-state index contributed by atoms with van der Waals surface area (Å²) in [6.07, 6.45) is 0. The summed E-state index contributed by atoms with van der Waals surface area (Å²) < 4.78 is 0. The van der Waals surface area contributed by atoms with Crippen molar-refractivity contribution in [2.75, 3.05) is 5.75 Å². The number of hydrogen-bond donors (Lipinski definition) is 1. The van der Waals surface area contributed by atoms with Crippen molar-refractivity contribution in [1.82, 2.24) is 0 Å². The Balaban J connectivity index is 2.49. The van der Waals surface area contributed by atoms with Gasteiger partial charge in [0.05, 0.1) is 16.2 Å². The zero-order valence-electron chi connectivity index (χ0n) is 8.04. The van der Waals surface area contributed by atoms with E-state index in [9.17, 15) is 20.0 Å². The second-order valence-electron chi connectivity index (χ2n) is 3.21. The number of benzene rings is 1. The third-order valence-corrected chi connectivity index (χ3v) is 3.06. The van der Waals surface area contributed by atoms with Crippen LogP contribution in [0, 0.1) is 10.1 Å². The number of aliphatic hydroxyl groups excluding tert-OH is 1. The highest BCUT2D eigenvalue weighted by Gasteiger charge is 2.25. The molecule has 1 aliphatic heterocycles. The molecular weight excluding hydrogens is 230 g/mol. The Morgan fingerprint density at radius 2 is 2.19 bits per heavy atom. The third-order valence-electron chi connectivity index (χ3n) is 2.18. The Labute approximate surface area is 94.9 Å². The van der Waals surface area contributed by atoms with Crippen LogP contribution < -0.4 is 0 Å². The fourth-order valence-corrected chi connectivity index (χ4v) is 2.25. The van der Waals surface area contributed by atoms with E-state index in [1.165, 1.54) is 18.2 Å². The molecular formula is C10H7NO4S. The van der Waals surface area contributed by atoms with Crippen molar-refractivity contribution in [3.05, 3.63) is 45.7 Å². The maximum absolute atomic E-state index is 11.4. The highest BCUT2D eigenvalue weighted by Crippen LogP contribution is 2.33. The lowest BCUT2D eigenvalue weighted by atomic mass is 10.1. The van der Waals surface area contributed by atoms with Crippen molar-refractivity contribution in [3.63, 3.8) is 0 Å². The molecule has 1 N–H and O–H groups in total. The highest BCUT2D eigenvalue weighted by molar-refractivity contribution is 8.15. The van der Waals surface area contributed by atoms with Crippen LogP contribution in [0.15, 0.2) is 30.0 Å². The van der Waals surface area contributed by atoms with Gasteiger partial charge < -0.3 is 5.11 Å². The second-order valence-corrected chi connectivity index (χ2v) is 4.15. The summed E-state index contributed by atoms with van der Waals surface area (Å²) in [5, 5.41) is 19.8. The molecule has 0 fully saturated rings. The quantitative estimate of drug-likeness (QED) is 0.629. The number of hydrogen-bond acceptors (Lipinski definition) is 5. The van der Waals surface area contributed by atoms with Crippen molar-refractivity contribution in [1.29, 1.82) is 0 Å². The molecule has 0 bridgehead atoms. The molecule has 5 nitrogen and oxygen atoms in total. The number of nitrogens with zero attached hydrogens (tertiary/aromatic N) is 1. The fraction of sp³-hybridized carbons (Fsp3) is 0.100.